The van der Waals surface area contributed by atoms with Crippen LogP contribution in [0.3, 0.4) is 0 Å². The number of carbonyl (C=O) groups is 1. The van der Waals surface area contributed by atoms with Crippen LogP contribution in [0.5, 0.6) is 5.75 Å². The van der Waals surface area contributed by atoms with E-state index < -0.39 is 0 Å². The number of hydrogen-bond acceptors (Lipinski definition) is 4. The molecule has 7 atom stereocenters. The van der Waals surface area contributed by atoms with Crippen molar-refractivity contribution in [3.05, 3.63) is 51.6 Å². The Morgan fingerprint density at radius 3 is 2.27 bits per heavy atom. The van der Waals surface area contributed by atoms with E-state index in [1.165, 1.54) is 55.9 Å². The van der Waals surface area contributed by atoms with Crippen molar-refractivity contribution in [1.82, 2.24) is 15.1 Å². The lowest BCUT2D eigenvalue weighted by atomic mass is 9.40. The summed E-state index contributed by atoms with van der Waals surface area (Å²) < 4.78 is 0. The molecule has 6 aliphatic rings. The minimum absolute atomic E-state index is 0.0344. The Balaban J connectivity index is 0.00000109. The van der Waals surface area contributed by atoms with Gasteiger partial charge in [0.1, 0.15) is 5.75 Å². The SMILES string of the molecule is C=C(NC1(C)CCC2(C)CCC3(C)C4=CC=c5c(cc(=C)c(O)c5C)C4(C)CCC3C2C1)C(=O)N1CC(C2CCCN2C)C1.CC.CC. The molecule has 7 rings (SSSR count). The summed E-state index contributed by atoms with van der Waals surface area (Å²) in [4.78, 5) is 18.0. The average Bonchev–Trinajstić information content (AvgIpc) is 3.47. The number of hydrogen-bond donors (Lipinski definition) is 2. The first-order valence-electron chi connectivity index (χ1n) is 19.4. The molecule has 2 aliphatic heterocycles. The van der Waals surface area contributed by atoms with E-state index in [1.807, 2.05) is 39.5 Å². The number of aromatic hydroxyl groups is 1. The first kappa shape index (κ1) is 36.7. The summed E-state index contributed by atoms with van der Waals surface area (Å²) in [5, 5.41) is 16.3. The molecule has 1 aromatic rings. The monoisotopic (exact) mass is 658 g/mol. The predicted molar refractivity (Wildman–Crippen MR) is 202 cm³/mol. The Labute approximate surface area is 292 Å². The third-order valence-electron chi connectivity index (χ3n) is 14.2. The summed E-state index contributed by atoms with van der Waals surface area (Å²) in [5.41, 5.74) is 4.78. The molecule has 1 aromatic carbocycles. The molecule has 5 fully saturated rings. The second-order valence-corrected chi connectivity index (χ2v) is 16.9. The van der Waals surface area contributed by atoms with Crippen molar-refractivity contribution in [1.29, 1.82) is 0 Å². The number of nitrogens with zero attached hydrogens (tertiary/aromatic N) is 2. The maximum atomic E-state index is 13.5. The van der Waals surface area contributed by atoms with Gasteiger partial charge < -0.3 is 20.2 Å². The summed E-state index contributed by atoms with van der Waals surface area (Å²) >= 11 is 0. The van der Waals surface area contributed by atoms with Crippen molar-refractivity contribution in [2.45, 2.75) is 137 Å². The van der Waals surface area contributed by atoms with Crippen LogP contribution in [0.1, 0.15) is 124 Å². The van der Waals surface area contributed by atoms with E-state index in [9.17, 15) is 9.90 Å². The van der Waals surface area contributed by atoms with E-state index in [4.69, 9.17) is 0 Å². The van der Waals surface area contributed by atoms with Gasteiger partial charge in [-0.3, -0.25) is 4.79 Å². The van der Waals surface area contributed by atoms with Gasteiger partial charge in [-0.2, -0.15) is 0 Å². The van der Waals surface area contributed by atoms with Gasteiger partial charge in [-0.15, -0.1) is 0 Å². The van der Waals surface area contributed by atoms with E-state index >= 15 is 0 Å². The standard InChI is InChI=1S/C39H55N3O2.2C2H6/c1-24-20-30-28(25(2)34(24)43)11-12-33-38(30,6)14-13-29-31-21-37(5,17-15-36(31,4)16-18-39(29,33)7)40-26(3)35(44)42-22-27(23-42)32-10-9-19-41(32)8;2*1-2/h11-12,20,27,29,31-32,40,43H,1,3,9-10,13-19,21-23H2,2,4-8H3;2*1-2H3. The van der Waals surface area contributed by atoms with Crippen LogP contribution in [0.4, 0.5) is 0 Å². The van der Waals surface area contributed by atoms with Gasteiger partial charge in [-0.1, -0.05) is 79.3 Å². The van der Waals surface area contributed by atoms with Crippen LogP contribution in [0.2, 0.25) is 0 Å². The fraction of sp³-hybridized carbons (Fsp3) is 0.698. The molecule has 0 bridgehead atoms. The highest BCUT2D eigenvalue weighted by Crippen LogP contribution is 2.68. The highest BCUT2D eigenvalue weighted by Gasteiger charge is 2.61. The van der Waals surface area contributed by atoms with Crippen LogP contribution in [0, 0.1) is 35.5 Å². The lowest BCUT2D eigenvalue weighted by Gasteiger charge is -2.64. The summed E-state index contributed by atoms with van der Waals surface area (Å²) in [6.45, 7) is 31.4. The second kappa shape index (κ2) is 13.3. The smallest absolute Gasteiger partial charge is 0.269 e. The normalized spacial score (nSPS) is 36.9. The first-order valence-corrected chi connectivity index (χ1v) is 19.4. The highest BCUT2D eigenvalue weighted by atomic mass is 16.3. The van der Waals surface area contributed by atoms with Crippen LogP contribution >= 0.6 is 0 Å². The molecule has 0 aromatic heterocycles. The zero-order chi connectivity index (χ0) is 35.4. The molecule has 266 valence electrons. The van der Waals surface area contributed by atoms with Crippen molar-refractivity contribution in [2.24, 2.45) is 28.6 Å². The zero-order valence-corrected chi connectivity index (χ0v) is 32.2. The molecule has 5 nitrogen and oxygen atoms in total. The molecule has 2 heterocycles. The Hall–Kier alpha value is -2.53. The Kier molecular flexibility index (Phi) is 10.2. The molecule has 5 heteroatoms. The minimum Gasteiger partial charge on any atom is -0.507 e. The Bertz CT molecular complexity index is 1560. The van der Waals surface area contributed by atoms with E-state index in [-0.39, 0.29) is 22.3 Å². The van der Waals surface area contributed by atoms with Gasteiger partial charge >= 0.3 is 0 Å². The van der Waals surface area contributed by atoms with Crippen LogP contribution in [0.15, 0.2) is 30.0 Å². The number of phenolic OH excluding ortho intramolecular Hbond substituents is 1. The maximum Gasteiger partial charge on any atom is 0.269 e. The van der Waals surface area contributed by atoms with E-state index in [0.717, 1.165) is 43.1 Å². The number of phenols is 1. The Morgan fingerprint density at radius 2 is 1.62 bits per heavy atom. The molecule has 3 saturated carbocycles. The third-order valence-corrected chi connectivity index (χ3v) is 14.2. The van der Waals surface area contributed by atoms with Crippen molar-refractivity contribution in [3.63, 3.8) is 0 Å². The number of likely N-dealkylation sites (tertiary alicyclic amines) is 2. The molecular weight excluding hydrogens is 590 g/mol. The summed E-state index contributed by atoms with van der Waals surface area (Å²) in [7, 11) is 2.23. The third kappa shape index (κ3) is 5.78. The molecule has 2 saturated heterocycles. The predicted octanol–water partition coefficient (Wildman–Crippen LogP) is 7.57. The number of carbonyl (C=O) groups excluding carboxylic acids is 1. The maximum absolute atomic E-state index is 13.5. The summed E-state index contributed by atoms with van der Waals surface area (Å²) in [6, 6.07) is 2.79. The van der Waals surface area contributed by atoms with Crippen molar-refractivity contribution in [3.8, 4) is 5.75 Å². The molecule has 2 N–H and O–H groups in total. The highest BCUT2D eigenvalue weighted by molar-refractivity contribution is 5.93. The first-order chi connectivity index (χ1) is 22.7. The van der Waals surface area contributed by atoms with Crippen LogP contribution in [0.25, 0.3) is 12.7 Å². The molecule has 0 spiro atoms. The molecule has 0 radical (unpaired) electrons. The van der Waals surface area contributed by atoms with E-state index in [0.29, 0.717) is 40.7 Å². The van der Waals surface area contributed by atoms with Gasteiger partial charge in [0.25, 0.3) is 5.91 Å². The van der Waals surface area contributed by atoms with Gasteiger partial charge in [0.2, 0.25) is 0 Å². The number of amides is 1. The van der Waals surface area contributed by atoms with Crippen molar-refractivity contribution < 1.29 is 9.90 Å². The number of allylic oxidation sites excluding steroid dienone is 2. The number of fused-ring (bicyclic) bond motifs is 7. The van der Waals surface area contributed by atoms with Gasteiger partial charge in [-0.25, -0.2) is 0 Å². The summed E-state index contributed by atoms with van der Waals surface area (Å²) in [6.07, 6.45) is 15.4. The molecule has 1 amide bonds. The van der Waals surface area contributed by atoms with E-state index in [1.54, 1.807) is 5.57 Å². The molecule has 4 aliphatic carbocycles. The molecule has 7 unspecified atom stereocenters. The lowest BCUT2D eigenvalue weighted by molar-refractivity contribution is -0.135. The number of nitrogens with one attached hydrogen (secondary N) is 1. The quantitative estimate of drug-likeness (QED) is 0.328. The molecular formula is C43H67N3O2. The minimum atomic E-state index is -0.122. The van der Waals surface area contributed by atoms with Crippen molar-refractivity contribution in [2.75, 3.05) is 26.7 Å². The molecule has 48 heavy (non-hydrogen) atoms. The van der Waals surface area contributed by atoms with Gasteiger partial charge in [0.15, 0.2) is 0 Å². The summed E-state index contributed by atoms with van der Waals surface area (Å²) in [5.74, 6) is 2.25. The van der Waals surface area contributed by atoms with E-state index in [2.05, 4.69) is 76.3 Å². The topological polar surface area (TPSA) is 55.8 Å². The number of rotatable bonds is 4. The average molecular weight is 658 g/mol. The van der Waals surface area contributed by atoms with Gasteiger partial charge in [-0.05, 0) is 130 Å². The van der Waals surface area contributed by atoms with Crippen LogP contribution in [-0.4, -0.2) is 59.1 Å². The fourth-order valence-electron chi connectivity index (χ4n) is 11.3. The van der Waals surface area contributed by atoms with Gasteiger partial charge in [0.05, 0.1) is 5.70 Å². The van der Waals surface area contributed by atoms with Gasteiger partial charge in [0, 0.05) is 41.2 Å². The van der Waals surface area contributed by atoms with Crippen molar-refractivity contribution >= 4 is 18.6 Å². The van der Waals surface area contributed by atoms with Crippen LogP contribution in [-0.2, 0) is 10.2 Å². The largest absolute Gasteiger partial charge is 0.507 e. The lowest BCUT2D eigenvalue weighted by Crippen LogP contribution is -2.61. The Morgan fingerprint density at radius 1 is 0.958 bits per heavy atom. The number of benzene rings is 1. The fourth-order valence-corrected chi connectivity index (χ4v) is 11.3. The zero-order valence-electron chi connectivity index (χ0n) is 32.2. The van der Waals surface area contributed by atoms with Crippen LogP contribution < -0.4 is 15.8 Å². The second-order valence-electron chi connectivity index (χ2n) is 16.9.